The van der Waals surface area contributed by atoms with E-state index >= 15 is 0 Å². The van der Waals surface area contributed by atoms with Crippen molar-refractivity contribution in [2.45, 2.75) is 88.0 Å². The van der Waals surface area contributed by atoms with Crippen molar-refractivity contribution in [1.29, 1.82) is 5.26 Å². The molecule has 4 fully saturated rings. The summed E-state index contributed by atoms with van der Waals surface area (Å²) in [4.78, 5) is 15.2. The van der Waals surface area contributed by atoms with Crippen LogP contribution in [0, 0.1) is 23.2 Å². The molecule has 0 aliphatic carbocycles. The Morgan fingerprint density at radius 2 is 1.94 bits per heavy atom. The fourth-order valence-corrected chi connectivity index (χ4v) is 7.72. The van der Waals surface area contributed by atoms with E-state index in [1.807, 2.05) is 6.92 Å². The number of ether oxygens (including phenoxy) is 2. The van der Waals surface area contributed by atoms with E-state index in [1.54, 1.807) is 6.07 Å². The second-order valence-corrected chi connectivity index (χ2v) is 16.9. The number of rotatable bonds is 3. The number of carbonyl (C=O) groups excluding carboxylic acids is 1. The number of hydrogen-bond donors (Lipinski definition) is 1. The fourth-order valence-electron chi connectivity index (χ4n) is 6.38. The topological polar surface area (TPSA) is 97.8 Å². The Morgan fingerprint density at radius 3 is 2.53 bits per heavy atom. The van der Waals surface area contributed by atoms with E-state index in [4.69, 9.17) is 19.6 Å². The number of hydrogen-bond acceptors (Lipinski definition) is 6. The monoisotopic (exact) mass is 523 g/mol. The molecule has 2 N–H and O–H groups in total. The van der Waals surface area contributed by atoms with Gasteiger partial charge in [-0.05, 0) is 43.3 Å². The Morgan fingerprint density at radius 1 is 1.28 bits per heavy atom. The normalized spacial score (nSPS) is 37.9. The number of amides is 1. The third-order valence-corrected chi connectivity index (χ3v) is 13.7. The molecule has 7 nitrogen and oxygen atoms in total. The van der Waals surface area contributed by atoms with Gasteiger partial charge in [0, 0.05) is 12.1 Å². The molecule has 5 rings (SSSR count). The number of fused-ring (bicyclic) bond motifs is 2. The Hall–Kier alpha value is -1.97. The summed E-state index contributed by atoms with van der Waals surface area (Å²) in [6.45, 7) is 12.8. The molecule has 196 valence electrons. The average molecular weight is 524 g/mol. The van der Waals surface area contributed by atoms with Crippen LogP contribution in [-0.2, 0) is 24.9 Å². The third-order valence-electron chi connectivity index (χ3n) is 9.20. The number of nitrogens with two attached hydrogens (primary N) is 1. The van der Waals surface area contributed by atoms with Crippen molar-refractivity contribution in [2.75, 3.05) is 11.5 Å². The summed E-state index contributed by atoms with van der Waals surface area (Å²) >= 11 is 0. The van der Waals surface area contributed by atoms with Crippen molar-refractivity contribution in [1.82, 2.24) is 0 Å². The summed E-state index contributed by atoms with van der Waals surface area (Å²) in [7, 11) is -2.28. The van der Waals surface area contributed by atoms with Crippen LogP contribution in [0.5, 0.6) is 0 Å². The molecule has 4 saturated heterocycles. The van der Waals surface area contributed by atoms with Gasteiger partial charge in [0.05, 0.1) is 53.4 Å². The molecular formula is C25H32F3N3O4Si. The minimum atomic E-state index is -4.74. The lowest BCUT2D eigenvalue weighted by molar-refractivity contribution is -0.161. The maximum atomic E-state index is 13.9. The van der Waals surface area contributed by atoms with E-state index in [0.29, 0.717) is 6.42 Å². The molecule has 0 aromatic heterocycles. The zero-order valence-corrected chi connectivity index (χ0v) is 22.3. The first-order chi connectivity index (χ1) is 16.5. The summed E-state index contributed by atoms with van der Waals surface area (Å²) in [6.07, 6.45) is -5.54. The highest BCUT2D eigenvalue weighted by Crippen LogP contribution is 2.66. The van der Waals surface area contributed by atoms with E-state index in [9.17, 15) is 23.2 Å². The molecule has 11 heteroatoms. The van der Waals surface area contributed by atoms with Gasteiger partial charge in [0.2, 0.25) is 5.91 Å². The van der Waals surface area contributed by atoms with Crippen LogP contribution in [0.4, 0.5) is 18.9 Å². The zero-order chi connectivity index (χ0) is 26.6. The van der Waals surface area contributed by atoms with E-state index in [2.05, 4.69) is 33.9 Å². The number of halogens is 3. The third kappa shape index (κ3) is 3.21. The SMILES string of the molecule is CC(C)(C)[Si](C)(C)O[C@H]1[C@H](N)[C@@]2(C)O[C@@]13CCO[C@H]1[C@@H]3[C@@H]2C(=O)N1c1ccc(C#N)c(C(F)(F)F)c1. The van der Waals surface area contributed by atoms with Crippen LogP contribution in [-0.4, -0.2) is 50.4 Å². The Bertz CT molecular complexity index is 1160. The van der Waals surface area contributed by atoms with Gasteiger partial charge in [-0.2, -0.15) is 18.4 Å². The Balaban J connectivity index is 1.59. The van der Waals surface area contributed by atoms with Crippen molar-refractivity contribution in [3.8, 4) is 6.07 Å². The molecule has 4 aliphatic heterocycles. The van der Waals surface area contributed by atoms with Crippen molar-refractivity contribution in [2.24, 2.45) is 17.6 Å². The summed E-state index contributed by atoms with van der Waals surface area (Å²) < 4.78 is 60.7. The highest BCUT2D eigenvalue weighted by molar-refractivity contribution is 6.74. The van der Waals surface area contributed by atoms with Gasteiger partial charge >= 0.3 is 6.18 Å². The molecule has 1 aromatic rings. The minimum absolute atomic E-state index is 0.0428. The zero-order valence-electron chi connectivity index (χ0n) is 21.3. The van der Waals surface area contributed by atoms with Gasteiger partial charge in [0.1, 0.15) is 11.8 Å². The van der Waals surface area contributed by atoms with Crippen LogP contribution in [0.3, 0.4) is 0 Å². The lowest BCUT2D eigenvalue weighted by atomic mass is 9.63. The number of carbonyl (C=O) groups is 1. The second kappa shape index (κ2) is 7.54. The van der Waals surface area contributed by atoms with E-state index in [-0.39, 0.29) is 23.2 Å². The summed E-state index contributed by atoms with van der Waals surface area (Å²) in [6, 6.07) is 4.33. The van der Waals surface area contributed by atoms with E-state index in [0.717, 1.165) is 12.1 Å². The fraction of sp³-hybridized carbons (Fsp3) is 0.680. The molecule has 0 unspecified atom stereocenters. The first kappa shape index (κ1) is 25.7. The van der Waals surface area contributed by atoms with Gasteiger partial charge in [0.15, 0.2) is 8.32 Å². The average Bonchev–Trinajstić information content (AvgIpc) is 3.30. The van der Waals surface area contributed by atoms with Crippen LogP contribution in [0.25, 0.3) is 0 Å². The van der Waals surface area contributed by atoms with Gasteiger partial charge in [-0.1, -0.05) is 20.8 Å². The van der Waals surface area contributed by atoms with Crippen LogP contribution < -0.4 is 10.6 Å². The van der Waals surface area contributed by atoms with Crippen molar-refractivity contribution in [3.63, 3.8) is 0 Å². The molecule has 4 aliphatic rings. The van der Waals surface area contributed by atoms with Gasteiger partial charge in [-0.15, -0.1) is 0 Å². The number of alkyl halides is 3. The molecule has 1 amide bonds. The number of anilines is 1. The van der Waals surface area contributed by atoms with Crippen molar-refractivity contribution in [3.05, 3.63) is 29.3 Å². The van der Waals surface area contributed by atoms with E-state index in [1.165, 1.54) is 11.0 Å². The first-order valence-corrected chi connectivity index (χ1v) is 15.1. The molecule has 1 spiro atoms. The van der Waals surface area contributed by atoms with Gasteiger partial charge in [-0.25, -0.2) is 0 Å². The molecule has 1 aromatic carbocycles. The molecule has 7 atom stereocenters. The van der Waals surface area contributed by atoms with Gasteiger partial charge < -0.3 is 19.6 Å². The summed E-state index contributed by atoms with van der Waals surface area (Å²) in [5.41, 5.74) is 3.31. The molecule has 4 heterocycles. The molecular weight excluding hydrogens is 491 g/mol. The molecule has 0 saturated carbocycles. The highest BCUT2D eigenvalue weighted by atomic mass is 28.4. The van der Waals surface area contributed by atoms with Gasteiger partial charge in [-0.3, -0.25) is 9.69 Å². The van der Waals surface area contributed by atoms with Crippen molar-refractivity contribution < 1.29 is 31.9 Å². The predicted octanol–water partition coefficient (Wildman–Crippen LogP) is 4.16. The molecule has 0 radical (unpaired) electrons. The minimum Gasteiger partial charge on any atom is -0.409 e. The van der Waals surface area contributed by atoms with Crippen LogP contribution in [0.2, 0.25) is 18.1 Å². The maximum Gasteiger partial charge on any atom is 0.417 e. The largest absolute Gasteiger partial charge is 0.417 e. The summed E-state index contributed by atoms with van der Waals surface area (Å²) in [5.74, 6) is -1.50. The Kier molecular flexibility index (Phi) is 5.38. The van der Waals surface area contributed by atoms with Gasteiger partial charge in [0.25, 0.3) is 0 Å². The number of nitriles is 1. The first-order valence-electron chi connectivity index (χ1n) is 12.2. The predicted molar refractivity (Wildman–Crippen MR) is 127 cm³/mol. The van der Waals surface area contributed by atoms with Crippen LogP contribution >= 0.6 is 0 Å². The maximum absolute atomic E-state index is 13.9. The number of benzene rings is 1. The smallest absolute Gasteiger partial charge is 0.409 e. The lowest BCUT2D eigenvalue weighted by Gasteiger charge is -2.50. The molecule has 2 bridgehead atoms. The van der Waals surface area contributed by atoms with Crippen LogP contribution in [0.1, 0.15) is 45.2 Å². The Labute approximate surface area is 209 Å². The summed E-state index contributed by atoms with van der Waals surface area (Å²) in [5, 5.41) is 9.11. The second-order valence-electron chi connectivity index (χ2n) is 12.1. The van der Waals surface area contributed by atoms with Crippen LogP contribution in [0.15, 0.2) is 18.2 Å². The van der Waals surface area contributed by atoms with Crippen molar-refractivity contribution >= 4 is 19.9 Å². The standard InChI is InChI=1S/C25H32F3N3O4Si/c1-22(2,3)36(5,6)34-19-18(30)23(4)16-17-21(33-10-9-24(17,19)35-23)31(20(16)32)14-8-7-13(12-29)15(11-14)25(26,27)28/h7-8,11,16-19,21H,9-10,30H2,1-6H3/t16-,17+,18+,19+,21+,23+,24-/m1/s1. The lowest BCUT2D eigenvalue weighted by Crippen LogP contribution is -2.67. The van der Waals surface area contributed by atoms with E-state index < -0.39 is 67.0 Å². The highest BCUT2D eigenvalue weighted by Gasteiger charge is 2.81. The quantitative estimate of drug-likeness (QED) is 0.598. The number of nitrogens with zero attached hydrogens (tertiary/aromatic N) is 2. The molecule has 36 heavy (non-hydrogen) atoms.